The Morgan fingerprint density at radius 3 is 2.50 bits per heavy atom. The van der Waals surface area contributed by atoms with Gasteiger partial charge in [0.25, 0.3) is 0 Å². The third-order valence-corrected chi connectivity index (χ3v) is 3.42. The Labute approximate surface area is 112 Å². The van der Waals surface area contributed by atoms with Gasteiger partial charge in [-0.3, -0.25) is 0 Å². The molecule has 0 fully saturated rings. The van der Waals surface area contributed by atoms with Crippen LogP contribution in [0.25, 0.3) is 0 Å². The van der Waals surface area contributed by atoms with Crippen molar-refractivity contribution in [1.29, 1.82) is 0 Å². The monoisotopic (exact) mass is 264 g/mol. The van der Waals surface area contributed by atoms with E-state index in [4.69, 9.17) is 11.6 Å². The van der Waals surface area contributed by atoms with Gasteiger partial charge in [-0.25, -0.2) is 4.39 Å². The predicted octanol–water partition coefficient (Wildman–Crippen LogP) is 3.30. The van der Waals surface area contributed by atoms with Crippen LogP contribution < -0.4 is 5.32 Å². The van der Waals surface area contributed by atoms with Gasteiger partial charge in [0.2, 0.25) is 0 Å². The maximum atomic E-state index is 13.6. The minimum Gasteiger partial charge on any atom is -0.336 e. The Hall–Kier alpha value is -1.38. The van der Waals surface area contributed by atoms with Gasteiger partial charge in [0.1, 0.15) is 18.4 Å². The van der Waals surface area contributed by atoms with E-state index >= 15 is 0 Å². The van der Waals surface area contributed by atoms with Crippen molar-refractivity contribution < 1.29 is 9.71 Å². The lowest BCUT2D eigenvalue weighted by molar-refractivity contribution is -0.708. The SMILES string of the molecule is C[C@@H]([NH2+]Cc1c(F)cccc1Cl)c1ccccc1. The lowest BCUT2D eigenvalue weighted by atomic mass is 10.1. The van der Waals surface area contributed by atoms with Crippen molar-refractivity contribution in [2.75, 3.05) is 0 Å². The summed E-state index contributed by atoms with van der Waals surface area (Å²) in [6.07, 6.45) is 0. The molecule has 2 aromatic rings. The van der Waals surface area contributed by atoms with E-state index in [0.29, 0.717) is 17.1 Å². The van der Waals surface area contributed by atoms with Gasteiger partial charge in [-0.1, -0.05) is 48.0 Å². The highest BCUT2D eigenvalue weighted by molar-refractivity contribution is 6.31. The molecule has 0 aromatic heterocycles. The Morgan fingerprint density at radius 1 is 1.11 bits per heavy atom. The van der Waals surface area contributed by atoms with Crippen LogP contribution in [-0.2, 0) is 6.54 Å². The normalized spacial score (nSPS) is 12.4. The van der Waals surface area contributed by atoms with Crippen molar-refractivity contribution in [3.8, 4) is 0 Å². The molecule has 0 aliphatic heterocycles. The molecule has 2 rings (SSSR count). The molecule has 1 nitrogen and oxygen atoms in total. The van der Waals surface area contributed by atoms with E-state index in [1.807, 2.05) is 18.2 Å². The highest BCUT2D eigenvalue weighted by Crippen LogP contribution is 2.18. The largest absolute Gasteiger partial charge is 0.336 e. The van der Waals surface area contributed by atoms with E-state index in [1.54, 1.807) is 12.1 Å². The van der Waals surface area contributed by atoms with Crippen LogP contribution in [0.3, 0.4) is 0 Å². The van der Waals surface area contributed by atoms with Crippen molar-refractivity contribution in [3.63, 3.8) is 0 Å². The minimum atomic E-state index is -0.237. The highest BCUT2D eigenvalue weighted by Gasteiger charge is 2.12. The van der Waals surface area contributed by atoms with Crippen LogP contribution in [0.4, 0.5) is 4.39 Å². The molecular weight excluding hydrogens is 249 g/mol. The molecule has 1 atom stereocenters. The van der Waals surface area contributed by atoms with Crippen LogP contribution in [0.15, 0.2) is 48.5 Å². The molecule has 0 radical (unpaired) electrons. The molecule has 0 bridgehead atoms. The summed E-state index contributed by atoms with van der Waals surface area (Å²) >= 11 is 6.00. The van der Waals surface area contributed by atoms with E-state index in [-0.39, 0.29) is 11.9 Å². The van der Waals surface area contributed by atoms with Gasteiger partial charge in [0.05, 0.1) is 10.6 Å². The van der Waals surface area contributed by atoms with E-state index in [2.05, 4.69) is 24.4 Å². The summed E-state index contributed by atoms with van der Waals surface area (Å²) in [7, 11) is 0. The smallest absolute Gasteiger partial charge is 0.133 e. The number of rotatable bonds is 4. The molecule has 2 N–H and O–H groups in total. The van der Waals surface area contributed by atoms with Crippen LogP contribution in [0.2, 0.25) is 5.02 Å². The fourth-order valence-electron chi connectivity index (χ4n) is 1.91. The molecule has 0 aliphatic carbocycles. The molecule has 2 aromatic carbocycles. The zero-order valence-corrected chi connectivity index (χ0v) is 11.0. The van der Waals surface area contributed by atoms with Crippen LogP contribution in [0.5, 0.6) is 0 Å². The molecule has 0 saturated heterocycles. The Bertz CT molecular complexity index is 493. The van der Waals surface area contributed by atoms with E-state index in [1.165, 1.54) is 11.6 Å². The zero-order chi connectivity index (χ0) is 13.0. The zero-order valence-electron chi connectivity index (χ0n) is 10.2. The molecule has 18 heavy (non-hydrogen) atoms. The van der Waals surface area contributed by atoms with Gasteiger partial charge >= 0.3 is 0 Å². The second kappa shape index (κ2) is 5.98. The van der Waals surface area contributed by atoms with Crippen molar-refractivity contribution in [2.45, 2.75) is 19.5 Å². The maximum Gasteiger partial charge on any atom is 0.133 e. The van der Waals surface area contributed by atoms with Crippen LogP contribution >= 0.6 is 11.6 Å². The van der Waals surface area contributed by atoms with E-state index < -0.39 is 0 Å². The average Bonchev–Trinajstić information content (AvgIpc) is 2.39. The second-order valence-corrected chi connectivity index (χ2v) is 4.75. The molecule has 0 spiro atoms. The predicted molar refractivity (Wildman–Crippen MR) is 71.9 cm³/mol. The summed E-state index contributed by atoms with van der Waals surface area (Å²) in [5.41, 5.74) is 1.80. The fourth-order valence-corrected chi connectivity index (χ4v) is 2.15. The third kappa shape index (κ3) is 3.09. The number of hydrogen-bond donors (Lipinski definition) is 1. The summed E-state index contributed by atoms with van der Waals surface area (Å²) in [6, 6.07) is 15.2. The molecule has 0 saturated carbocycles. The van der Waals surface area contributed by atoms with Crippen molar-refractivity contribution in [1.82, 2.24) is 0 Å². The average molecular weight is 265 g/mol. The molecular formula is C15H16ClFN+. The second-order valence-electron chi connectivity index (χ2n) is 4.34. The van der Waals surface area contributed by atoms with Crippen LogP contribution in [-0.4, -0.2) is 0 Å². The first-order valence-electron chi connectivity index (χ1n) is 5.99. The van der Waals surface area contributed by atoms with Gasteiger partial charge in [0, 0.05) is 5.56 Å². The molecule has 0 amide bonds. The van der Waals surface area contributed by atoms with Crippen LogP contribution in [0, 0.1) is 5.82 Å². The third-order valence-electron chi connectivity index (χ3n) is 3.06. The molecule has 0 heterocycles. The molecule has 0 unspecified atom stereocenters. The Balaban J connectivity index is 2.04. The first kappa shape index (κ1) is 13.1. The fraction of sp³-hybridized carbons (Fsp3) is 0.200. The summed E-state index contributed by atoms with van der Waals surface area (Å²) in [5, 5.41) is 2.58. The summed E-state index contributed by atoms with van der Waals surface area (Å²) in [4.78, 5) is 0. The molecule has 94 valence electrons. The lowest BCUT2D eigenvalue weighted by Gasteiger charge is -2.12. The maximum absolute atomic E-state index is 13.6. The first-order valence-corrected chi connectivity index (χ1v) is 6.37. The minimum absolute atomic E-state index is 0.237. The lowest BCUT2D eigenvalue weighted by Crippen LogP contribution is -2.83. The number of nitrogens with two attached hydrogens (primary N) is 1. The number of hydrogen-bond acceptors (Lipinski definition) is 0. The van der Waals surface area contributed by atoms with Crippen molar-refractivity contribution in [2.24, 2.45) is 0 Å². The topological polar surface area (TPSA) is 16.6 Å². The van der Waals surface area contributed by atoms with Gasteiger partial charge in [-0.15, -0.1) is 0 Å². The highest BCUT2D eigenvalue weighted by atomic mass is 35.5. The first-order chi connectivity index (χ1) is 8.68. The Kier molecular flexibility index (Phi) is 4.34. The quantitative estimate of drug-likeness (QED) is 0.873. The Morgan fingerprint density at radius 2 is 1.83 bits per heavy atom. The summed E-state index contributed by atoms with van der Waals surface area (Å²) < 4.78 is 13.6. The standard InChI is InChI=1S/C15H15ClFN/c1-11(12-6-3-2-4-7-12)18-10-13-14(16)8-5-9-15(13)17/h2-9,11,18H,10H2,1H3/p+1/t11-/m1/s1. The van der Waals surface area contributed by atoms with Crippen molar-refractivity contribution in [3.05, 3.63) is 70.5 Å². The van der Waals surface area contributed by atoms with E-state index in [0.717, 1.165) is 0 Å². The summed E-state index contributed by atoms with van der Waals surface area (Å²) in [6.45, 7) is 2.64. The van der Waals surface area contributed by atoms with Gasteiger partial charge < -0.3 is 5.32 Å². The molecule has 3 heteroatoms. The van der Waals surface area contributed by atoms with E-state index in [9.17, 15) is 4.39 Å². The number of halogens is 2. The molecule has 0 aliphatic rings. The number of quaternary nitrogens is 1. The summed E-state index contributed by atoms with van der Waals surface area (Å²) in [5.74, 6) is -0.237. The number of benzene rings is 2. The van der Waals surface area contributed by atoms with Gasteiger partial charge in [-0.2, -0.15) is 0 Å². The van der Waals surface area contributed by atoms with Gasteiger partial charge in [0.15, 0.2) is 0 Å². The van der Waals surface area contributed by atoms with Crippen molar-refractivity contribution >= 4 is 11.6 Å². The van der Waals surface area contributed by atoms with Gasteiger partial charge in [-0.05, 0) is 19.1 Å². The van der Waals surface area contributed by atoms with Crippen LogP contribution in [0.1, 0.15) is 24.1 Å².